The number of carbonyl (C=O) groups is 1. The number of anilines is 1. The number of ether oxygens (including phenoxy) is 1. The molecule has 2 aromatic rings. The molecule has 0 aliphatic heterocycles. The summed E-state index contributed by atoms with van der Waals surface area (Å²) in [6, 6.07) is 14.1. The average molecular weight is 364 g/mol. The Hall–Kier alpha value is -3.05. The Morgan fingerprint density at radius 3 is 2.54 bits per heavy atom. The summed E-state index contributed by atoms with van der Waals surface area (Å²) >= 11 is 0. The molecule has 2 aromatic carbocycles. The Kier molecular flexibility index (Phi) is 6.20. The molecule has 2 rings (SSSR count). The molecule has 1 atom stereocenters. The smallest absolute Gasteiger partial charge is 0.406 e. The molecule has 5 nitrogen and oxygen atoms in total. The van der Waals surface area contributed by atoms with Gasteiger partial charge in [-0.3, -0.25) is 4.79 Å². The zero-order valence-corrected chi connectivity index (χ0v) is 13.9. The number of hydrogen-bond acceptors (Lipinski definition) is 3. The molecule has 0 bridgehead atoms. The third-order valence-electron chi connectivity index (χ3n) is 3.40. The van der Waals surface area contributed by atoms with Crippen molar-refractivity contribution in [1.29, 1.82) is 5.26 Å². The summed E-state index contributed by atoms with van der Waals surface area (Å²) < 4.78 is 40.1. The maximum Gasteiger partial charge on any atom is 0.573 e. The van der Waals surface area contributed by atoms with Gasteiger partial charge in [0.1, 0.15) is 12.3 Å². The molecule has 0 spiro atoms. The summed E-state index contributed by atoms with van der Waals surface area (Å²) in [5, 5.41) is 11.5. The topological polar surface area (TPSA) is 66.6 Å². The maximum absolute atomic E-state index is 12.1. The number of quaternary nitrogens is 1. The summed E-state index contributed by atoms with van der Waals surface area (Å²) in [5.74, 6) is -0.626. The first-order chi connectivity index (χ1) is 12.2. The number of nitrogens with one attached hydrogen (secondary N) is 2. The van der Waals surface area contributed by atoms with Crippen molar-refractivity contribution in [1.82, 2.24) is 0 Å². The second-order valence-corrected chi connectivity index (χ2v) is 5.74. The van der Waals surface area contributed by atoms with E-state index >= 15 is 0 Å². The van der Waals surface area contributed by atoms with Gasteiger partial charge in [-0.1, -0.05) is 12.1 Å². The number of nitrogens with zero attached hydrogens (tertiary/aromatic N) is 1. The van der Waals surface area contributed by atoms with Gasteiger partial charge in [0.25, 0.3) is 5.91 Å². The van der Waals surface area contributed by atoms with Crippen molar-refractivity contribution in [2.45, 2.75) is 12.9 Å². The van der Waals surface area contributed by atoms with Gasteiger partial charge < -0.3 is 15.0 Å². The Morgan fingerprint density at radius 1 is 1.23 bits per heavy atom. The molecule has 0 fully saturated rings. The molecule has 0 saturated heterocycles. The van der Waals surface area contributed by atoms with Gasteiger partial charge in [0.05, 0.1) is 18.7 Å². The molecule has 8 heteroatoms. The highest BCUT2D eigenvalue weighted by Gasteiger charge is 2.30. The van der Waals surface area contributed by atoms with E-state index in [2.05, 4.69) is 16.1 Å². The molecule has 26 heavy (non-hydrogen) atoms. The van der Waals surface area contributed by atoms with E-state index in [1.807, 2.05) is 13.1 Å². The monoisotopic (exact) mass is 364 g/mol. The minimum Gasteiger partial charge on any atom is -0.406 e. The van der Waals surface area contributed by atoms with Gasteiger partial charge in [0, 0.05) is 11.3 Å². The molecule has 0 radical (unpaired) electrons. The fraction of sp³-hybridized carbons (Fsp3) is 0.222. The third-order valence-corrected chi connectivity index (χ3v) is 3.40. The molecular formula is C18H17F3N3O2+. The first-order valence-corrected chi connectivity index (χ1v) is 7.71. The second kappa shape index (κ2) is 8.36. The van der Waals surface area contributed by atoms with Crippen LogP contribution in [-0.4, -0.2) is 25.9 Å². The minimum atomic E-state index is -4.75. The average Bonchev–Trinajstić information content (AvgIpc) is 2.55. The highest BCUT2D eigenvalue weighted by Crippen LogP contribution is 2.23. The lowest BCUT2D eigenvalue weighted by molar-refractivity contribution is -0.885. The molecule has 2 N–H and O–H groups in total. The molecule has 136 valence electrons. The number of hydrogen-bond donors (Lipinski definition) is 2. The molecule has 0 aromatic heterocycles. The van der Waals surface area contributed by atoms with Crippen LogP contribution >= 0.6 is 0 Å². The van der Waals surface area contributed by atoms with Gasteiger partial charge in [0.2, 0.25) is 0 Å². The highest BCUT2D eigenvalue weighted by molar-refractivity contribution is 5.91. The summed E-state index contributed by atoms with van der Waals surface area (Å²) in [6.45, 7) is 0.721. The fourth-order valence-electron chi connectivity index (χ4n) is 2.38. The minimum absolute atomic E-state index is 0.164. The zero-order valence-electron chi connectivity index (χ0n) is 13.9. The number of rotatable bonds is 6. The van der Waals surface area contributed by atoms with Crippen LogP contribution in [0.15, 0.2) is 48.5 Å². The summed E-state index contributed by atoms with van der Waals surface area (Å²) in [5.41, 5.74) is 1.87. The summed E-state index contributed by atoms with van der Waals surface area (Å²) in [4.78, 5) is 13.0. The summed E-state index contributed by atoms with van der Waals surface area (Å²) in [6.07, 6.45) is -4.75. The number of alkyl halides is 3. The number of amides is 1. The van der Waals surface area contributed by atoms with Gasteiger partial charge >= 0.3 is 6.36 Å². The van der Waals surface area contributed by atoms with Crippen LogP contribution in [0.4, 0.5) is 18.9 Å². The first kappa shape index (κ1) is 19.3. The normalized spacial score (nSPS) is 12.1. The molecule has 0 aliphatic rings. The van der Waals surface area contributed by atoms with Crippen LogP contribution in [0.25, 0.3) is 0 Å². The van der Waals surface area contributed by atoms with Gasteiger partial charge in [-0.2, -0.15) is 5.26 Å². The Bertz CT molecular complexity index is 799. The van der Waals surface area contributed by atoms with Crippen LogP contribution < -0.4 is 15.0 Å². The van der Waals surface area contributed by atoms with Crippen LogP contribution in [0.1, 0.15) is 11.1 Å². The van der Waals surface area contributed by atoms with Crippen LogP contribution in [-0.2, 0) is 11.3 Å². The Labute approximate surface area is 148 Å². The van der Waals surface area contributed by atoms with E-state index in [1.165, 1.54) is 12.1 Å². The van der Waals surface area contributed by atoms with E-state index in [1.54, 1.807) is 18.2 Å². The van der Waals surface area contributed by atoms with Crippen LogP contribution in [0.2, 0.25) is 0 Å². The molecule has 0 heterocycles. The Balaban J connectivity index is 1.86. The van der Waals surface area contributed by atoms with Crippen molar-refractivity contribution in [2.24, 2.45) is 0 Å². The van der Waals surface area contributed by atoms with Crippen LogP contribution in [0, 0.1) is 11.3 Å². The van der Waals surface area contributed by atoms with Crippen LogP contribution in [0.5, 0.6) is 5.75 Å². The molecule has 0 saturated carbocycles. The highest BCUT2D eigenvalue weighted by atomic mass is 19.4. The lowest BCUT2D eigenvalue weighted by atomic mass is 10.1. The third kappa shape index (κ3) is 6.45. The van der Waals surface area contributed by atoms with Gasteiger partial charge in [0.15, 0.2) is 6.54 Å². The number of nitriles is 1. The first-order valence-electron chi connectivity index (χ1n) is 7.71. The number of halogens is 3. The fourth-order valence-corrected chi connectivity index (χ4v) is 2.38. The van der Waals surface area contributed by atoms with Crippen molar-refractivity contribution in [3.8, 4) is 11.8 Å². The maximum atomic E-state index is 12.1. The molecule has 1 unspecified atom stereocenters. The van der Waals surface area contributed by atoms with E-state index in [4.69, 9.17) is 5.26 Å². The summed E-state index contributed by atoms with van der Waals surface area (Å²) in [7, 11) is 1.83. The van der Waals surface area contributed by atoms with E-state index < -0.39 is 6.36 Å². The Morgan fingerprint density at radius 2 is 1.92 bits per heavy atom. The van der Waals surface area contributed by atoms with E-state index in [9.17, 15) is 18.0 Å². The van der Waals surface area contributed by atoms with Crippen molar-refractivity contribution in [3.05, 3.63) is 59.7 Å². The number of carbonyl (C=O) groups excluding carboxylic acids is 1. The second-order valence-electron chi connectivity index (χ2n) is 5.74. The standard InChI is InChI=1S/C18H16F3N3O2/c1-24(11-14-4-2-3-13(9-14)10-22)12-17(25)23-15-5-7-16(8-6-15)26-18(19,20)21/h2-9H,11-12H2,1H3,(H,23,25)/p+1. The molecule has 1 amide bonds. The van der Waals surface area contributed by atoms with E-state index in [0.29, 0.717) is 17.8 Å². The largest absolute Gasteiger partial charge is 0.573 e. The molecule has 0 aliphatic carbocycles. The van der Waals surface area contributed by atoms with Gasteiger partial charge in [-0.25, -0.2) is 0 Å². The van der Waals surface area contributed by atoms with Crippen molar-refractivity contribution >= 4 is 11.6 Å². The lowest BCUT2D eigenvalue weighted by Crippen LogP contribution is -3.08. The SMILES string of the molecule is C[NH+](CC(=O)Nc1ccc(OC(F)(F)F)cc1)Cc1cccc(C#N)c1. The van der Waals surface area contributed by atoms with E-state index in [-0.39, 0.29) is 18.2 Å². The van der Waals surface area contributed by atoms with Crippen molar-refractivity contribution in [3.63, 3.8) is 0 Å². The van der Waals surface area contributed by atoms with Gasteiger partial charge in [-0.15, -0.1) is 13.2 Å². The van der Waals surface area contributed by atoms with Gasteiger partial charge in [-0.05, 0) is 36.4 Å². The zero-order chi connectivity index (χ0) is 19.2. The predicted molar refractivity (Wildman–Crippen MR) is 88.4 cm³/mol. The van der Waals surface area contributed by atoms with Crippen LogP contribution in [0.3, 0.4) is 0 Å². The molecular weight excluding hydrogens is 347 g/mol. The quantitative estimate of drug-likeness (QED) is 0.825. The number of likely N-dealkylation sites (N-methyl/N-ethyl adjacent to an activating group) is 1. The van der Waals surface area contributed by atoms with Crippen molar-refractivity contribution in [2.75, 3.05) is 18.9 Å². The van der Waals surface area contributed by atoms with Crippen molar-refractivity contribution < 1.29 is 27.6 Å². The lowest BCUT2D eigenvalue weighted by Gasteiger charge is -2.14. The predicted octanol–water partition coefficient (Wildman–Crippen LogP) is 2.11. The number of benzene rings is 2. The van der Waals surface area contributed by atoms with E-state index in [0.717, 1.165) is 22.6 Å².